The summed E-state index contributed by atoms with van der Waals surface area (Å²) < 4.78 is 7.42. The summed E-state index contributed by atoms with van der Waals surface area (Å²) in [5.41, 5.74) is 2.84. The predicted molar refractivity (Wildman–Crippen MR) is 103 cm³/mol. The van der Waals surface area contributed by atoms with E-state index in [1.165, 1.54) is 11.3 Å². The van der Waals surface area contributed by atoms with Crippen LogP contribution < -0.4 is 4.74 Å². The highest BCUT2D eigenvalue weighted by Crippen LogP contribution is 2.26. The fraction of sp³-hybridized carbons (Fsp3) is 0.368. The smallest absolute Gasteiger partial charge is 0.265 e. The van der Waals surface area contributed by atoms with Crippen LogP contribution in [0.2, 0.25) is 0 Å². The second-order valence-corrected chi connectivity index (χ2v) is 7.69. The molecule has 140 valence electrons. The molecule has 0 unspecified atom stereocenters. The third-order valence-electron chi connectivity index (χ3n) is 4.76. The van der Waals surface area contributed by atoms with Gasteiger partial charge in [0.2, 0.25) is 5.88 Å². The van der Waals surface area contributed by atoms with E-state index in [-0.39, 0.29) is 5.91 Å². The average Bonchev–Trinajstić information content (AvgIpc) is 3.16. The molecule has 1 aliphatic rings. The lowest BCUT2D eigenvalue weighted by Gasteiger charge is -2.19. The number of carbonyl (C=O) groups is 1. The third-order valence-corrected chi connectivity index (χ3v) is 5.82. The van der Waals surface area contributed by atoms with Crippen molar-refractivity contribution in [2.75, 3.05) is 20.2 Å². The van der Waals surface area contributed by atoms with E-state index in [0.717, 1.165) is 39.1 Å². The predicted octanol–water partition coefficient (Wildman–Crippen LogP) is 2.73. The highest BCUT2D eigenvalue weighted by Gasteiger charge is 2.25. The first-order valence-corrected chi connectivity index (χ1v) is 9.66. The molecule has 27 heavy (non-hydrogen) atoms. The summed E-state index contributed by atoms with van der Waals surface area (Å²) in [7, 11) is 1.61. The summed E-state index contributed by atoms with van der Waals surface area (Å²) >= 11 is 1.47. The quantitative estimate of drug-likeness (QED) is 0.695. The van der Waals surface area contributed by atoms with Gasteiger partial charge in [0.05, 0.1) is 29.7 Å². The molecule has 7 nitrogen and oxygen atoms in total. The summed E-state index contributed by atoms with van der Waals surface area (Å²) in [5.74, 6) is 1.63. The Kier molecular flexibility index (Phi) is 4.65. The average molecular weight is 383 g/mol. The summed E-state index contributed by atoms with van der Waals surface area (Å²) in [6, 6.07) is 3.85. The highest BCUT2D eigenvalue weighted by atomic mass is 32.1. The molecular formula is C19H21N5O2S. The Morgan fingerprint density at radius 1 is 1.22 bits per heavy atom. The minimum Gasteiger partial charge on any atom is -0.481 e. The van der Waals surface area contributed by atoms with Crippen molar-refractivity contribution in [3.05, 3.63) is 45.9 Å². The topological polar surface area (TPSA) is 73.1 Å². The first-order valence-electron chi connectivity index (χ1n) is 8.85. The van der Waals surface area contributed by atoms with Gasteiger partial charge in [-0.15, -0.1) is 11.3 Å². The molecule has 0 aromatic carbocycles. The van der Waals surface area contributed by atoms with Crippen LogP contribution in [0.1, 0.15) is 26.2 Å². The standard InChI is InChI=1S/C19H21N5O2S/c1-12-18(27-13(2)22-12)19(25)23-7-5-16-21-11-15(24(16)9-8-23)14-4-6-20-17(10-14)26-3/h4,6,10-11H,5,7-9H2,1-3H3. The van der Waals surface area contributed by atoms with Crippen LogP contribution in [-0.2, 0) is 13.0 Å². The van der Waals surface area contributed by atoms with Gasteiger partial charge in [-0.2, -0.15) is 0 Å². The molecule has 1 amide bonds. The van der Waals surface area contributed by atoms with Gasteiger partial charge in [-0.05, 0) is 19.9 Å². The molecule has 1 aliphatic heterocycles. The molecule has 0 aliphatic carbocycles. The lowest BCUT2D eigenvalue weighted by atomic mass is 10.2. The van der Waals surface area contributed by atoms with Crippen molar-refractivity contribution < 1.29 is 9.53 Å². The number of hydrogen-bond donors (Lipinski definition) is 0. The molecule has 0 radical (unpaired) electrons. The van der Waals surface area contributed by atoms with E-state index in [1.807, 2.05) is 37.1 Å². The molecule has 4 rings (SSSR count). The van der Waals surface area contributed by atoms with E-state index < -0.39 is 0 Å². The van der Waals surface area contributed by atoms with Gasteiger partial charge in [0.1, 0.15) is 10.7 Å². The molecule has 0 spiro atoms. The Balaban J connectivity index is 1.58. The van der Waals surface area contributed by atoms with Crippen molar-refractivity contribution in [3.63, 3.8) is 0 Å². The number of aromatic nitrogens is 4. The van der Waals surface area contributed by atoms with Gasteiger partial charge in [0.15, 0.2) is 0 Å². The number of fused-ring (bicyclic) bond motifs is 1. The van der Waals surface area contributed by atoms with Crippen LogP contribution in [0, 0.1) is 13.8 Å². The van der Waals surface area contributed by atoms with Gasteiger partial charge in [-0.1, -0.05) is 0 Å². The molecule has 0 N–H and O–H groups in total. The van der Waals surface area contributed by atoms with Crippen molar-refractivity contribution in [1.29, 1.82) is 0 Å². The number of aryl methyl sites for hydroxylation is 2. The van der Waals surface area contributed by atoms with Crippen molar-refractivity contribution in [2.45, 2.75) is 26.8 Å². The molecule has 4 heterocycles. The zero-order valence-electron chi connectivity index (χ0n) is 15.6. The van der Waals surface area contributed by atoms with Crippen LogP contribution in [0.5, 0.6) is 5.88 Å². The monoisotopic (exact) mass is 383 g/mol. The number of amides is 1. The first-order chi connectivity index (χ1) is 13.1. The Morgan fingerprint density at radius 3 is 2.81 bits per heavy atom. The molecule has 0 saturated heterocycles. The van der Waals surface area contributed by atoms with Gasteiger partial charge in [0, 0.05) is 43.9 Å². The molecular weight excluding hydrogens is 362 g/mol. The molecule has 8 heteroatoms. The maximum absolute atomic E-state index is 12.9. The third kappa shape index (κ3) is 3.32. The fourth-order valence-corrected chi connectivity index (χ4v) is 4.31. The molecule has 0 saturated carbocycles. The van der Waals surface area contributed by atoms with Crippen LogP contribution in [0.25, 0.3) is 11.3 Å². The molecule has 3 aromatic rings. The minimum absolute atomic E-state index is 0.0657. The van der Waals surface area contributed by atoms with Gasteiger partial charge >= 0.3 is 0 Å². The lowest BCUT2D eigenvalue weighted by Crippen LogP contribution is -2.33. The minimum atomic E-state index is 0.0657. The number of hydrogen-bond acceptors (Lipinski definition) is 6. The van der Waals surface area contributed by atoms with Gasteiger partial charge in [0.25, 0.3) is 5.91 Å². The first kappa shape index (κ1) is 17.7. The molecule has 0 atom stereocenters. The van der Waals surface area contributed by atoms with Gasteiger partial charge in [-0.3, -0.25) is 4.79 Å². The number of ether oxygens (including phenoxy) is 1. The second kappa shape index (κ2) is 7.11. The number of rotatable bonds is 3. The zero-order valence-corrected chi connectivity index (χ0v) is 16.4. The summed E-state index contributed by atoms with van der Waals surface area (Å²) in [6.45, 7) is 5.84. The largest absolute Gasteiger partial charge is 0.481 e. The lowest BCUT2D eigenvalue weighted by molar-refractivity contribution is 0.0763. The van der Waals surface area contributed by atoms with Crippen molar-refractivity contribution >= 4 is 17.2 Å². The molecule has 3 aromatic heterocycles. The Labute approximate surface area is 161 Å². The van der Waals surface area contributed by atoms with E-state index >= 15 is 0 Å². The van der Waals surface area contributed by atoms with Crippen molar-refractivity contribution in [1.82, 2.24) is 24.4 Å². The van der Waals surface area contributed by atoms with E-state index in [2.05, 4.69) is 19.5 Å². The number of methoxy groups -OCH3 is 1. The number of pyridine rings is 1. The van der Waals surface area contributed by atoms with E-state index in [1.54, 1.807) is 13.3 Å². The number of nitrogens with zero attached hydrogens (tertiary/aromatic N) is 5. The number of thiazole rings is 1. The molecule has 0 fully saturated rings. The van der Waals surface area contributed by atoms with Crippen LogP contribution in [0.15, 0.2) is 24.5 Å². The summed E-state index contributed by atoms with van der Waals surface area (Å²) in [5, 5.41) is 0.924. The van der Waals surface area contributed by atoms with Crippen molar-refractivity contribution in [3.8, 4) is 17.1 Å². The Morgan fingerprint density at radius 2 is 2.07 bits per heavy atom. The van der Waals surface area contributed by atoms with Crippen LogP contribution in [0.4, 0.5) is 0 Å². The van der Waals surface area contributed by atoms with Gasteiger partial charge < -0.3 is 14.2 Å². The van der Waals surface area contributed by atoms with Crippen LogP contribution in [-0.4, -0.2) is 50.5 Å². The maximum Gasteiger partial charge on any atom is 0.265 e. The van der Waals surface area contributed by atoms with E-state index in [0.29, 0.717) is 25.5 Å². The van der Waals surface area contributed by atoms with E-state index in [4.69, 9.17) is 4.74 Å². The SMILES string of the molecule is COc1cc(-c2cnc3n2CCN(C(=O)c2sc(C)nc2C)CC3)ccn1. The number of imidazole rings is 1. The normalized spacial score (nSPS) is 14.0. The van der Waals surface area contributed by atoms with Crippen molar-refractivity contribution in [2.24, 2.45) is 0 Å². The zero-order chi connectivity index (χ0) is 19.0. The highest BCUT2D eigenvalue weighted by molar-refractivity contribution is 7.13. The summed E-state index contributed by atoms with van der Waals surface area (Å²) in [4.78, 5) is 28.7. The molecule has 0 bridgehead atoms. The van der Waals surface area contributed by atoms with E-state index in [9.17, 15) is 4.79 Å². The Hall–Kier alpha value is -2.74. The summed E-state index contributed by atoms with van der Waals surface area (Å²) in [6.07, 6.45) is 4.35. The van der Waals surface area contributed by atoms with Gasteiger partial charge in [-0.25, -0.2) is 15.0 Å². The van der Waals surface area contributed by atoms with Crippen LogP contribution in [0.3, 0.4) is 0 Å². The second-order valence-electron chi connectivity index (χ2n) is 6.49. The van der Waals surface area contributed by atoms with Crippen LogP contribution >= 0.6 is 11.3 Å². The fourth-order valence-electron chi connectivity index (χ4n) is 3.42. The Bertz CT molecular complexity index is 994. The maximum atomic E-state index is 12.9. The number of carbonyl (C=O) groups excluding carboxylic acids is 1.